The summed E-state index contributed by atoms with van der Waals surface area (Å²) < 4.78 is 42.0. The highest BCUT2D eigenvalue weighted by Gasteiger charge is 2.37. The van der Waals surface area contributed by atoms with Crippen LogP contribution in [0.3, 0.4) is 0 Å². The molecule has 0 aromatic carbocycles. The van der Waals surface area contributed by atoms with Gasteiger partial charge in [-0.2, -0.15) is 13.2 Å². The number of hydrogen-bond donors (Lipinski definition) is 1. The SMILES string of the molecule is CC1CC(C(=O)N(CCN)CC(F)(F)F)CO1. The normalized spacial score (nSPS) is 25.0. The van der Waals surface area contributed by atoms with Gasteiger partial charge >= 0.3 is 6.18 Å². The van der Waals surface area contributed by atoms with E-state index < -0.39 is 24.5 Å². The summed E-state index contributed by atoms with van der Waals surface area (Å²) in [7, 11) is 0. The molecule has 0 saturated carbocycles. The lowest BCUT2D eigenvalue weighted by Crippen LogP contribution is -2.44. The van der Waals surface area contributed by atoms with Gasteiger partial charge in [0, 0.05) is 13.1 Å². The minimum Gasteiger partial charge on any atom is -0.378 e. The topological polar surface area (TPSA) is 55.6 Å². The van der Waals surface area contributed by atoms with Crippen LogP contribution >= 0.6 is 0 Å². The zero-order valence-corrected chi connectivity index (χ0v) is 9.67. The van der Waals surface area contributed by atoms with Crippen LogP contribution in [-0.2, 0) is 9.53 Å². The Morgan fingerprint density at radius 1 is 1.53 bits per heavy atom. The summed E-state index contributed by atoms with van der Waals surface area (Å²) in [6.45, 7) is 0.686. The largest absolute Gasteiger partial charge is 0.406 e. The van der Waals surface area contributed by atoms with E-state index in [4.69, 9.17) is 10.5 Å². The fraction of sp³-hybridized carbons (Fsp3) is 0.900. The smallest absolute Gasteiger partial charge is 0.378 e. The Morgan fingerprint density at radius 2 is 2.18 bits per heavy atom. The molecule has 0 bridgehead atoms. The van der Waals surface area contributed by atoms with Crippen LogP contribution in [0.25, 0.3) is 0 Å². The van der Waals surface area contributed by atoms with Crippen molar-refractivity contribution in [2.24, 2.45) is 11.7 Å². The number of carbonyl (C=O) groups is 1. The molecule has 2 N–H and O–H groups in total. The van der Waals surface area contributed by atoms with E-state index >= 15 is 0 Å². The lowest BCUT2D eigenvalue weighted by molar-refractivity contribution is -0.163. The van der Waals surface area contributed by atoms with Gasteiger partial charge in [-0.3, -0.25) is 4.79 Å². The van der Waals surface area contributed by atoms with Crippen molar-refractivity contribution >= 4 is 5.91 Å². The second-order valence-electron chi connectivity index (χ2n) is 4.24. The van der Waals surface area contributed by atoms with Crippen molar-refractivity contribution in [2.45, 2.75) is 25.6 Å². The molecule has 1 amide bonds. The molecule has 17 heavy (non-hydrogen) atoms. The standard InChI is InChI=1S/C10H17F3N2O2/c1-7-4-8(5-17-7)9(16)15(3-2-14)6-10(11,12)13/h7-8H,2-6,14H2,1H3. The molecule has 1 heterocycles. The van der Waals surface area contributed by atoms with E-state index in [1.807, 2.05) is 0 Å². The summed E-state index contributed by atoms with van der Waals surface area (Å²) >= 11 is 0. The van der Waals surface area contributed by atoms with E-state index in [-0.39, 0.29) is 25.8 Å². The molecule has 1 aliphatic rings. The molecule has 0 aromatic heterocycles. The first-order chi connectivity index (χ1) is 7.83. The monoisotopic (exact) mass is 254 g/mol. The summed E-state index contributed by atoms with van der Waals surface area (Å²) in [5, 5.41) is 0. The molecule has 2 atom stereocenters. The number of amides is 1. The Labute approximate surface area is 97.9 Å². The van der Waals surface area contributed by atoms with E-state index in [2.05, 4.69) is 0 Å². The first-order valence-corrected chi connectivity index (χ1v) is 5.50. The van der Waals surface area contributed by atoms with E-state index in [0.29, 0.717) is 6.42 Å². The number of halogens is 3. The summed E-state index contributed by atoms with van der Waals surface area (Å²) in [6, 6.07) is 0. The third-order valence-corrected chi connectivity index (χ3v) is 2.63. The molecule has 0 aliphatic carbocycles. The third-order valence-electron chi connectivity index (χ3n) is 2.63. The molecule has 0 aromatic rings. The van der Waals surface area contributed by atoms with Crippen LogP contribution in [-0.4, -0.2) is 49.3 Å². The van der Waals surface area contributed by atoms with Gasteiger partial charge in [-0.1, -0.05) is 0 Å². The Morgan fingerprint density at radius 3 is 2.59 bits per heavy atom. The van der Waals surface area contributed by atoms with E-state index in [0.717, 1.165) is 4.90 Å². The minimum absolute atomic E-state index is 0.0188. The fourth-order valence-corrected chi connectivity index (χ4v) is 1.89. The van der Waals surface area contributed by atoms with Crippen LogP contribution in [0.15, 0.2) is 0 Å². The van der Waals surface area contributed by atoms with Gasteiger partial charge in [0.25, 0.3) is 0 Å². The zero-order valence-electron chi connectivity index (χ0n) is 9.67. The minimum atomic E-state index is -4.39. The van der Waals surface area contributed by atoms with Crippen molar-refractivity contribution in [1.29, 1.82) is 0 Å². The highest BCUT2D eigenvalue weighted by Crippen LogP contribution is 2.23. The average Bonchev–Trinajstić information content (AvgIpc) is 2.61. The second-order valence-corrected chi connectivity index (χ2v) is 4.24. The van der Waals surface area contributed by atoms with Crippen molar-refractivity contribution in [2.75, 3.05) is 26.2 Å². The number of alkyl halides is 3. The van der Waals surface area contributed by atoms with Gasteiger partial charge in [0.1, 0.15) is 6.54 Å². The third kappa shape index (κ3) is 4.51. The van der Waals surface area contributed by atoms with E-state index in [9.17, 15) is 18.0 Å². The summed E-state index contributed by atoms with van der Waals surface area (Å²) in [5.41, 5.74) is 5.22. The number of nitrogens with zero attached hydrogens (tertiary/aromatic N) is 1. The molecule has 1 saturated heterocycles. The predicted octanol–water partition coefficient (Wildman–Crippen LogP) is 0.761. The maximum Gasteiger partial charge on any atom is 0.406 e. The molecule has 1 rings (SSSR count). The summed E-state index contributed by atoms with van der Waals surface area (Å²) in [4.78, 5) is 12.6. The molecule has 2 unspecified atom stereocenters. The van der Waals surface area contributed by atoms with Gasteiger partial charge < -0.3 is 15.4 Å². The summed E-state index contributed by atoms with van der Waals surface area (Å²) in [6.07, 6.45) is -4.00. The molecule has 7 heteroatoms. The quantitative estimate of drug-likeness (QED) is 0.806. The summed E-state index contributed by atoms with van der Waals surface area (Å²) in [5.74, 6) is -0.990. The number of ether oxygens (including phenoxy) is 1. The number of hydrogen-bond acceptors (Lipinski definition) is 3. The zero-order chi connectivity index (χ0) is 13.1. The van der Waals surface area contributed by atoms with Crippen LogP contribution < -0.4 is 5.73 Å². The van der Waals surface area contributed by atoms with Crippen LogP contribution in [0, 0.1) is 5.92 Å². The second kappa shape index (κ2) is 5.68. The molecule has 0 spiro atoms. The van der Waals surface area contributed by atoms with Crippen LogP contribution in [0.2, 0.25) is 0 Å². The van der Waals surface area contributed by atoms with Gasteiger partial charge in [0.15, 0.2) is 0 Å². The Hall–Kier alpha value is -0.820. The van der Waals surface area contributed by atoms with Gasteiger partial charge in [-0.05, 0) is 13.3 Å². The van der Waals surface area contributed by atoms with Gasteiger partial charge in [-0.25, -0.2) is 0 Å². The van der Waals surface area contributed by atoms with Crippen molar-refractivity contribution in [3.63, 3.8) is 0 Å². The highest BCUT2D eigenvalue weighted by atomic mass is 19.4. The van der Waals surface area contributed by atoms with Crippen molar-refractivity contribution in [3.05, 3.63) is 0 Å². The van der Waals surface area contributed by atoms with Crippen LogP contribution in [0.1, 0.15) is 13.3 Å². The molecular weight excluding hydrogens is 237 g/mol. The van der Waals surface area contributed by atoms with Gasteiger partial charge in [0.05, 0.1) is 18.6 Å². The van der Waals surface area contributed by atoms with Crippen molar-refractivity contribution < 1.29 is 22.7 Å². The fourth-order valence-electron chi connectivity index (χ4n) is 1.89. The number of carbonyl (C=O) groups excluding carboxylic acids is 1. The van der Waals surface area contributed by atoms with Crippen molar-refractivity contribution in [3.8, 4) is 0 Å². The lowest BCUT2D eigenvalue weighted by atomic mass is 10.0. The lowest BCUT2D eigenvalue weighted by Gasteiger charge is -2.25. The predicted molar refractivity (Wildman–Crippen MR) is 55.2 cm³/mol. The highest BCUT2D eigenvalue weighted by molar-refractivity contribution is 5.79. The van der Waals surface area contributed by atoms with E-state index in [1.54, 1.807) is 6.92 Å². The molecule has 1 fully saturated rings. The Bertz CT molecular complexity index is 271. The molecular formula is C10H17F3N2O2. The van der Waals surface area contributed by atoms with Crippen LogP contribution in [0.4, 0.5) is 13.2 Å². The van der Waals surface area contributed by atoms with Gasteiger partial charge in [0.2, 0.25) is 5.91 Å². The van der Waals surface area contributed by atoms with Gasteiger partial charge in [-0.15, -0.1) is 0 Å². The first-order valence-electron chi connectivity index (χ1n) is 5.50. The average molecular weight is 254 g/mol. The van der Waals surface area contributed by atoms with Crippen molar-refractivity contribution in [1.82, 2.24) is 4.90 Å². The molecule has 1 aliphatic heterocycles. The molecule has 0 radical (unpaired) electrons. The number of nitrogens with two attached hydrogens (primary N) is 1. The Kier molecular flexibility index (Phi) is 4.76. The molecule has 4 nitrogen and oxygen atoms in total. The maximum atomic E-state index is 12.3. The Balaban J connectivity index is 2.60. The van der Waals surface area contributed by atoms with E-state index in [1.165, 1.54) is 0 Å². The number of rotatable bonds is 4. The maximum absolute atomic E-state index is 12.3. The van der Waals surface area contributed by atoms with Crippen LogP contribution in [0.5, 0.6) is 0 Å². The molecule has 100 valence electrons. The first kappa shape index (κ1) is 14.2.